The third kappa shape index (κ3) is 5.13. The molecule has 3 heteroatoms. The molecular weight excluding hydrogens is 300 g/mol. The van der Waals surface area contributed by atoms with E-state index in [9.17, 15) is 5.11 Å². The van der Waals surface area contributed by atoms with Gasteiger partial charge in [-0.3, -0.25) is 0 Å². The first-order valence-corrected chi connectivity index (χ1v) is 9.00. The zero-order chi connectivity index (χ0) is 17.4. The molecule has 0 bridgehead atoms. The van der Waals surface area contributed by atoms with Crippen LogP contribution >= 0.6 is 0 Å². The first-order valence-electron chi connectivity index (χ1n) is 9.00. The van der Waals surface area contributed by atoms with E-state index in [2.05, 4.69) is 31.7 Å². The fourth-order valence-electron chi connectivity index (χ4n) is 3.05. The Labute approximate surface area is 146 Å². The molecule has 1 unspecified atom stereocenters. The summed E-state index contributed by atoms with van der Waals surface area (Å²) in [5, 5.41) is 10.5. The fraction of sp³-hybridized carbons (Fsp3) is 0.524. The van der Waals surface area contributed by atoms with Gasteiger partial charge in [-0.05, 0) is 62.6 Å². The molecule has 1 aliphatic heterocycles. The fourth-order valence-corrected chi connectivity index (χ4v) is 3.05. The normalized spacial score (nSPS) is 16.0. The Morgan fingerprint density at radius 1 is 1.29 bits per heavy atom. The van der Waals surface area contributed by atoms with E-state index in [0.717, 1.165) is 50.0 Å². The number of rotatable bonds is 10. The quantitative estimate of drug-likeness (QED) is 0.601. The van der Waals surface area contributed by atoms with Gasteiger partial charge in [0.25, 0.3) is 0 Å². The molecule has 0 aromatic heterocycles. The molecule has 1 N–H and O–H groups in total. The highest BCUT2D eigenvalue weighted by Gasteiger charge is 2.22. The number of fused-ring (bicyclic) bond motifs is 1. The van der Waals surface area contributed by atoms with Crippen LogP contribution in [0.15, 0.2) is 42.5 Å². The minimum atomic E-state index is -0.604. The maximum Gasteiger partial charge on any atom is 0.231 e. The third-order valence-electron chi connectivity index (χ3n) is 4.85. The lowest BCUT2D eigenvalue weighted by molar-refractivity contribution is 0.0306. The largest absolute Gasteiger partial charge is 0.454 e. The Bertz CT molecular complexity index is 576. The van der Waals surface area contributed by atoms with Crippen LogP contribution in [0.2, 0.25) is 0 Å². The number of allylic oxidation sites excluding steroid dienone is 2. The van der Waals surface area contributed by atoms with Crippen LogP contribution in [0, 0.1) is 0 Å². The molecule has 0 amide bonds. The molecule has 1 heterocycles. The number of benzene rings is 1. The second kappa shape index (κ2) is 8.93. The minimum Gasteiger partial charge on any atom is -0.454 e. The van der Waals surface area contributed by atoms with E-state index in [0.29, 0.717) is 13.2 Å². The van der Waals surface area contributed by atoms with E-state index in [4.69, 9.17) is 9.47 Å². The van der Waals surface area contributed by atoms with Crippen LogP contribution in [0.25, 0.3) is 0 Å². The SMILES string of the molecule is C=CCC(O)(CC)CCC(=CCCc1ccc2c(c1)OCO2)CC. The Hall–Kier alpha value is -1.74. The van der Waals surface area contributed by atoms with Gasteiger partial charge >= 0.3 is 0 Å². The van der Waals surface area contributed by atoms with Crippen molar-refractivity contribution < 1.29 is 14.6 Å². The molecule has 1 aromatic rings. The van der Waals surface area contributed by atoms with Crippen molar-refractivity contribution in [1.82, 2.24) is 0 Å². The predicted octanol–water partition coefficient (Wildman–Crippen LogP) is 5.18. The van der Waals surface area contributed by atoms with Gasteiger partial charge in [0.15, 0.2) is 11.5 Å². The van der Waals surface area contributed by atoms with Crippen LogP contribution in [0.5, 0.6) is 11.5 Å². The summed E-state index contributed by atoms with van der Waals surface area (Å²) in [6.45, 7) is 8.30. The van der Waals surface area contributed by atoms with Crippen LogP contribution < -0.4 is 9.47 Å². The molecule has 0 fully saturated rings. The number of aliphatic hydroxyl groups is 1. The monoisotopic (exact) mass is 330 g/mol. The number of ether oxygens (including phenoxy) is 2. The predicted molar refractivity (Wildman–Crippen MR) is 98.5 cm³/mol. The smallest absolute Gasteiger partial charge is 0.231 e. The van der Waals surface area contributed by atoms with Crippen LogP contribution in [-0.2, 0) is 6.42 Å². The van der Waals surface area contributed by atoms with Gasteiger partial charge in [0.1, 0.15) is 0 Å². The summed E-state index contributed by atoms with van der Waals surface area (Å²) in [4.78, 5) is 0. The molecule has 0 saturated heterocycles. The molecule has 1 aromatic carbocycles. The Morgan fingerprint density at radius 3 is 2.79 bits per heavy atom. The van der Waals surface area contributed by atoms with Gasteiger partial charge in [0.05, 0.1) is 5.60 Å². The van der Waals surface area contributed by atoms with Crippen molar-refractivity contribution in [1.29, 1.82) is 0 Å². The summed E-state index contributed by atoms with van der Waals surface area (Å²) in [6, 6.07) is 6.16. The highest BCUT2D eigenvalue weighted by Crippen LogP contribution is 2.33. The zero-order valence-corrected chi connectivity index (χ0v) is 15.0. The average Bonchev–Trinajstić information content (AvgIpc) is 3.06. The third-order valence-corrected chi connectivity index (χ3v) is 4.85. The molecule has 2 rings (SSSR count). The van der Waals surface area contributed by atoms with Crippen molar-refractivity contribution in [2.24, 2.45) is 0 Å². The van der Waals surface area contributed by atoms with Crippen molar-refractivity contribution in [3.63, 3.8) is 0 Å². The second-order valence-electron chi connectivity index (χ2n) is 6.51. The van der Waals surface area contributed by atoms with E-state index in [1.807, 2.05) is 19.1 Å². The minimum absolute atomic E-state index is 0.323. The van der Waals surface area contributed by atoms with E-state index in [1.165, 1.54) is 11.1 Å². The maximum absolute atomic E-state index is 10.5. The molecule has 132 valence electrons. The molecule has 0 spiro atoms. The number of hydrogen-bond donors (Lipinski definition) is 1. The van der Waals surface area contributed by atoms with Gasteiger partial charge in [0.2, 0.25) is 6.79 Å². The van der Waals surface area contributed by atoms with E-state index in [1.54, 1.807) is 0 Å². The summed E-state index contributed by atoms with van der Waals surface area (Å²) in [5.41, 5.74) is 2.09. The van der Waals surface area contributed by atoms with Gasteiger partial charge in [0, 0.05) is 0 Å². The number of aryl methyl sites for hydroxylation is 1. The molecule has 1 aliphatic rings. The Kier molecular flexibility index (Phi) is 6.92. The molecule has 0 radical (unpaired) electrons. The second-order valence-corrected chi connectivity index (χ2v) is 6.51. The summed E-state index contributed by atoms with van der Waals surface area (Å²) in [6.07, 6.45) is 10.4. The molecule has 24 heavy (non-hydrogen) atoms. The topological polar surface area (TPSA) is 38.7 Å². The zero-order valence-electron chi connectivity index (χ0n) is 15.0. The van der Waals surface area contributed by atoms with Gasteiger partial charge in [-0.15, -0.1) is 6.58 Å². The van der Waals surface area contributed by atoms with Crippen molar-refractivity contribution in [3.05, 3.63) is 48.1 Å². The van der Waals surface area contributed by atoms with Gasteiger partial charge in [-0.25, -0.2) is 0 Å². The highest BCUT2D eigenvalue weighted by molar-refractivity contribution is 5.44. The Balaban J connectivity index is 1.85. The highest BCUT2D eigenvalue weighted by atomic mass is 16.7. The van der Waals surface area contributed by atoms with Crippen molar-refractivity contribution in [2.75, 3.05) is 6.79 Å². The van der Waals surface area contributed by atoms with E-state index >= 15 is 0 Å². The van der Waals surface area contributed by atoms with Crippen molar-refractivity contribution >= 4 is 0 Å². The average molecular weight is 330 g/mol. The standard InChI is InChI=1S/C21H30O3/c1-4-13-21(22,6-3)14-12-17(5-2)8-7-9-18-10-11-19-20(15-18)24-16-23-19/h4,8,10-11,15,22H,1,5-7,9,12-14,16H2,2-3H3. The first kappa shape index (κ1) is 18.6. The van der Waals surface area contributed by atoms with Crippen LogP contribution in [0.3, 0.4) is 0 Å². The number of hydrogen-bond acceptors (Lipinski definition) is 3. The summed E-state index contributed by atoms with van der Waals surface area (Å²) < 4.78 is 10.8. The van der Waals surface area contributed by atoms with Crippen molar-refractivity contribution in [2.45, 2.75) is 64.4 Å². The maximum atomic E-state index is 10.5. The van der Waals surface area contributed by atoms with Crippen LogP contribution in [-0.4, -0.2) is 17.5 Å². The Morgan fingerprint density at radius 2 is 2.08 bits per heavy atom. The van der Waals surface area contributed by atoms with Gasteiger partial charge in [-0.2, -0.15) is 0 Å². The molecule has 0 saturated carbocycles. The van der Waals surface area contributed by atoms with Crippen LogP contribution in [0.4, 0.5) is 0 Å². The molecule has 3 nitrogen and oxygen atoms in total. The molecule has 1 atom stereocenters. The summed E-state index contributed by atoms with van der Waals surface area (Å²) >= 11 is 0. The lowest BCUT2D eigenvalue weighted by Gasteiger charge is -2.25. The van der Waals surface area contributed by atoms with E-state index in [-0.39, 0.29) is 0 Å². The van der Waals surface area contributed by atoms with Crippen LogP contribution in [0.1, 0.15) is 57.9 Å². The van der Waals surface area contributed by atoms with E-state index < -0.39 is 5.60 Å². The lowest BCUT2D eigenvalue weighted by Crippen LogP contribution is -2.26. The lowest BCUT2D eigenvalue weighted by atomic mass is 9.88. The molecule has 0 aliphatic carbocycles. The van der Waals surface area contributed by atoms with Crippen molar-refractivity contribution in [3.8, 4) is 11.5 Å². The first-order chi connectivity index (χ1) is 11.6. The van der Waals surface area contributed by atoms with Gasteiger partial charge in [-0.1, -0.05) is 37.6 Å². The summed E-state index contributed by atoms with van der Waals surface area (Å²) in [5.74, 6) is 1.69. The molecular formula is C21H30O3. The summed E-state index contributed by atoms with van der Waals surface area (Å²) in [7, 11) is 0. The van der Waals surface area contributed by atoms with Gasteiger partial charge < -0.3 is 14.6 Å².